The topological polar surface area (TPSA) is 43.4 Å². The van der Waals surface area contributed by atoms with E-state index in [0.29, 0.717) is 23.3 Å². The van der Waals surface area contributed by atoms with Crippen LogP contribution in [-0.2, 0) is 4.79 Å². The first kappa shape index (κ1) is 14.6. The summed E-state index contributed by atoms with van der Waals surface area (Å²) in [6.07, 6.45) is 1.12. The van der Waals surface area contributed by atoms with Crippen LogP contribution in [0, 0.1) is 0 Å². The minimum atomic E-state index is -0.249. The molecule has 0 fully saturated rings. The average Bonchev–Trinajstić information content (AvgIpc) is 2.61. The number of rotatable bonds is 3. The molecule has 0 bridgehead atoms. The number of carbonyl (C=O) groups is 2. The molecule has 1 aliphatic rings. The molecule has 0 unspecified atom stereocenters. The SMILES string of the molecule is CCCC(=O)Oc1ccc2c3c(cccc13)C(=O)c1ccccc1-2. The van der Waals surface area contributed by atoms with Gasteiger partial charge < -0.3 is 4.74 Å². The molecule has 0 radical (unpaired) electrons. The number of carbonyl (C=O) groups excluding carboxylic acids is 2. The summed E-state index contributed by atoms with van der Waals surface area (Å²) < 4.78 is 5.52. The zero-order valence-corrected chi connectivity index (χ0v) is 13.3. The molecule has 0 saturated carbocycles. The van der Waals surface area contributed by atoms with Crippen molar-refractivity contribution in [3.8, 4) is 16.9 Å². The third-order valence-electron chi connectivity index (χ3n) is 4.39. The minimum absolute atomic E-state index is 0.0146. The normalized spacial score (nSPS) is 12.1. The van der Waals surface area contributed by atoms with Gasteiger partial charge in [-0.15, -0.1) is 0 Å². The Labute approximate surface area is 139 Å². The Morgan fingerprint density at radius 2 is 1.62 bits per heavy atom. The quantitative estimate of drug-likeness (QED) is 0.404. The van der Waals surface area contributed by atoms with Crippen LogP contribution in [0.25, 0.3) is 21.9 Å². The molecule has 1 aliphatic carbocycles. The second kappa shape index (κ2) is 5.60. The molecule has 0 saturated heterocycles. The number of fused-ring (bicyclic) bond motifs is 2. The van der Waals surface area contributed by atoms with E-state index in [1.54, 1.807) is 0 Å². The molecule has 0 atom stereocenters. The molecule has 4 rings (SSSR count). The Balaban J connectivity index is 1.97. The van der Waals surface area contributed by atoms with Gasteiger partial charge in [0.25, 0.3) is 0 Å². The number of benzene rings is 3. The minimum Gasteiger partial charge on any atom is -0.426 e. The van der Waals surface area contributed by atoms with E-state index < -0.39 is 0 Å². The van der Waals surface area contributed by atoms with Crippen LogP contribution < -0.4 is 4.74 Å². The third kappa shape index (κ3) is 2.13. The van der Waals surface area contributed by atoms with Crippen molar-refractivity contribution < 1.29 is 14.3 Å². The van der Waals surface area contributed by atoms with Gasteiger partial charge in [0, 0.05) is 28.3 Å². The number of hydrogen-bond acceptors (Lipinski definition) is 3. The molecular weight excluding hydrogens is 300 g/mol. The molecule has 24 heavy (non-hydrogen) atoms. The molecule has 0 aromatic heterocycles. The van der Waals surface area contributed by atoms with Gasteiger partial charge in [0.05, 0.1) is 0 Å². The highest BCUT2D eigenvalue weighted by Crippen LogP contribution is 2.42. The Bertz CT molecular complexity index is 986. The lowest BCUT2D eigenvalue weighted by atomic mass is 9.83. The number of ketones is 1. The molecule has 3 heteroatoms. The lowest BCUT2D eigenvalue weighted by Crippen LogP contribution is -2.11. The predicted octanol–water partition coefficient (Wildman–Crippen LogP) is 4.76. The van der Waals surface area contributed by atoms with Crippen LogP contribution in [0.5, 0.6) is 5.75 Å². The van der Waals surface area contributed by atoms with Crippen LogP contribution in [0.4, 0.5) is 0 Å². The number of hydrogen-bond donors (Lipinski definition) is 0. The summed E-state index contributed by atoms with van der Waals surface area (Å²) in [6.45, 7) is 1.94. The molecule has 0 amide bonds. The van der Waals surface area contributed by atoms with Crippen molar-refractivity contribution in [3.05, 3.63) is 65.7 Å². The largest absolute Gasteiger partial charge is 0.426 e. The van der Waals surface area contributed by atoms with Crippen molar-refractivity contribution in [3.63, 3.8) is 0 Å². The van der Waals surface area contributed by atoms with Gasteiger partial charge in [-0.2, -0.15) is 0 Å². The van der Waals surface area contributed by atoms with Crippen molar-refractivity contribution in [2.24, 2.45) is 0 Å². The van der Waals surface area contributed by atoms with Crippen LogP contribution in [-0.4, -0.2) is 11.8 Å². The molecule has 0 N–H and O–H groups in total. The van der Waals surface area contributed by atoms with Crippen LogP contribution in [0.15, 0.2) is 54.6 Å². The zero-order chi connectivity index (χ0) is 16.7. The van der Waals surface area contributed by atoms with Crippen molar-refractivity contribution >= 4 is 22.5 Å². The van der Waals surface area contributed by atoms with Gasteiger partial charge in [-0.1, -0.05) is 49.4 Å². The first-order chi connectivity index (χ1) is 11.7. The zero-order valence-electron chi connectivity index (χ0n) is 13.3. The second-order valence-electron chi connectivity index (χ2n) is 5.94. The van der Waals surface area contributed by atoms with E-state index in [2.05, 4.69) is 0 Å². The Hall–Kier alpha value is -2.94. The van der Waals surface area contributed by atoms with Crippen LogP contribution >= 0.6 is 0 Å². The van der Waals surface area contributed by atoms with Gasteiger partial charge in [0.15, 0.2) is 5.78 Å². The molecule has 3 aromatic rings. The fourth-order valence-corrected chi connectivity index (χ4v) is 3.32. The van der Waals surface area contributed by atoms with E-state index in [-0.39, 0.29) is 11.8 Å². The summed E-state index contributed by atoms with van der Waals surface area (Å²) in [7, 11) is 0. The van der Waals surface area contributed by atoms with Crippen molar-refractivity contribution in [2.45, 2.75) is 19.8 Å². The Kier molecular flexibility index (Phi) is 3.42. The first-order valence-corrected chi connectivity index (χ1v) is 8.11. The summed E-state index contributed by atoms with van der Waals surface area (Å²) in [5.74, 6) is 0.280. The lowest BCUT2D eigenvalue weighted by Gasteiger charge is -2.20. The van der Waals surface area contributed by atoms with E-state index in [1.807, 2.05) is 61.5 Å². The second-order valence-corrected chi connectivity index (χ2v) is 5.94. The standard InChI is InChI=1S/C21H16O3/c1-2-6-19(22)24-18-12-11-14-13-7-3-4-8-15(13)21(23)17-10-5-9-16(18)20(14)17/h3-5,7-12H,2,6H2,1H3. The maximum absolute atomic E-state index is 12.8. The summed E-state index contributed by atoms with van der Waals surface area (Å²) in [5.41, 5.74) is 3.31. The molecule has 3 nitrogen and oxygen atoms in total. The van der Waals surface area contributed by atoms with Gasteiger partial charge in [-0.3, -0.25) is 9.59 Å². The Morgan fingerprint density at radius 3 is 2.42 bits per heavy atom. The number of ether oxygens (including phenoxy) is 1. The van der Waals surface area contributed by atoms with Crippen molar-refractivity contribution in [2.75, 3.05) is 0 Å². The fourth-order valence-electron chi connectivity index (χ4n) is 3.32. The van der Waals surface area contributed by atoms with Gasteiger partial charge in [0.2, 0.25) is 0 Å². The fraction of sp³-hybridized carbons (Fsp3) is 0.143. The molecular formula is C21H16O3. The Morgan fingerprint density at radius 1 is 0.875 bits per heavy atom. The molecule has 118 valence electrons. The van der Waals surface area contributed by atoms with E-state index >= 15 is 0 Å². The van der Waals surface area contributed by atoms with E-state index in [1.165, 1.54) is 0 Å². The van der Waals surface area contributed by atoms with Gasteiger partial charge in [-0.25, -0.2) is 0 Å². The van der Waals surface area contributed by atoms with Crippen molar-refractivity contribution in [1.82, 2.24) is 0 Å². The van der Waals surface area contributed by atoms with Gasteiger partial charge >= 0.3 is 5.97 Å². The predicted molar refractivity (Wildman–Crippen MR) is 93.4 cm³/mol. The molecule has 0 spiro atoms. The molecule has 0 heterocycles. The van der Waals surface area contributed by atoms with Crippen LogP contribution in [0.1, 0.15) is 35.7 Å². The summed E-state index contributed by atoms with van der Waals surface area (Å²) in [4.78, 5) is 24.7. The van der Waals surface area contributed by atoms with Gasteiger partial charge in [0.1, 0.15) is 5.75 Å². The lowest BCUT2D eigenvalue weighted by molar-refractivity contribution is -0.134. The summed E-state index contributed by atoms with van der Waals surface area (Å²) in [5, 5.41) is 1.67. The van der Waals surface area contributed by atoms with E-state index in [4.69, 9.17) is 4.74 Å². The number of esters is 1. The highest BCUT2D eigenvalue weighted by Gasteiger charge is 2.26. The monoisotopic (exact) mass is 316 g/mol. The average molecular weight is 316 g/mol. The van der Waals surface area contributed by atoms with E-state index in [9.17, 15) is 9.59 Å². The van der Waals surface area contributed by atoms with Crippen LogP contribution in [0.2, 0.25) is 0 Å². The van der Waals surface area contributed by atoms with Crippen LogP contribution in [0.3, 0.4) is 0 Å². The first-order valence-electron chi connectivity index (χ1n) is 8.11. The van der Waals surface area contributed by atoms with Gasteiger partial charge in [-0.05, 0) is 29.7 Å². The van der Waals surface area contributed by atoms with E-state index in [0.717, 1.165) is 28.3 Å². The maximum Gasteiger partial charge on any atom is 0.311 e. The highest BCUT2D eigenvalue weighted by atomic mass is 16.5. The smallest absolute Gasteiger partial charge is 0.311 e. The highest BCUT2D eigenvalue weighted by molar-refractivity contribution is 6.26. The summed E-state index contributed by atoms with van der Waals surface area (Å²) >= 11 is 0. The maximum atomic E-state index is 12.8. The molecule has 0 aliphatic heterocycles. The summed E-state index contributed by atoms with van der Waals surface area (Å²) in [6, 6.07) is 17.0. The molecule has 3 aromatic carbocycles. The third-order valence-corrected chi connectivity index (χ3v) is 4.39. The van der Waals surface area contributed by atoms with Crippen molar-refractivity contribution in [1.29, 1.82) is 0 Å².